The van der Waals surface area contributed by atoms with E-state index in [1.807, 2.05) is 6.07 Å². The highest BCUT2D eigenvalue weighted by Gasteiger charge is 2.26. The Bertz CT molecular complexity index is 1210. The fourth-order valence-electron chi connectivity index (χ4n) is 3.78. The smallest absolute Gasteiger partial charge is 0.196 e. The molecule has 0 radical (unpaired) electrons. The number of aromatic nitrogens is 4. The molecule has 3 N–H and O–H groups in total. The lowest BCUT2D eigenvalue weighted by atomic mass is 10.2. The average Bonchev–Trinajstić information content (AvgIpc) is 3.30. The molecule has 29 heavy (non-hydrogen) atoms. The van der Waals surface area contributed by atoms with Gasteiger partial charge in [-0.15, -0.1) is 0 Å². The Morgan fingerprint density at radius 1 is 1.31 bits per heavy atom. The maximum atomic E-state index is 6.67. The molecule has 1 aliphatic rings. The van der Waals surface area contributed by atoms with E-state index in [-0.39, 0.29) is 6.04 Å². The number of H-pyrrole nitrogens is 1. The van der Waals surface area contributed by atoms with Crippen molar-refractivity contribution in [2.75, 3.05) is 18.0 Å². The summed E-state index contributed by atoms with van der Waals surface area (Å²) in [7, 11) is 0. The highest BCUT2D eigenvalue weighted by molar-refractivity contribution is 7.99. The maximum Gasteiger partial charge on any atom is 0.196 e. The Kier molecular flexibility index (Phi) is 4.81. The Morgan fingerprint density at radius 2 is 2.21 bits per heavy atom. The number of benzene rings is 1. The highest BCUT2D eigenvalue weighted by atomic mass is 35.5. The van der Waals surface area contributed by atoms with E-state index in [0.717, 1.165) is 64.3 Å². The third-order valence-electron chi connectivity index (χ3n) is 5.29. The van der Waals surface area contributed by atoms with Crippen molar-refractivity contribution in [2.24, 2.45) is 5.73 Å². The van der Waals surface area contributed by atoms with Gasteiger partial charge in [-0.1, -0.05) is 30.7 Å². The Balaban J connectivity index is 1.59. The summed E-state index contributed by atoms with van der Waals surface area (Å²) in [6.45, 7) is 3.73. The van der Waals surface area contributed by atoms with Crippen molar-refractivity contribution in [3.8, 4) is 0 Å². The molecule has 1 unspecified atom stereocenters. The fourth-order valence-corrected chi connectivity index (χ4v) is 4.92. The molecule has 0 amide bonds. The van der Waals surface area contributed by atoms with Crippen LogP contribution in [0.25, 0.3) is 21.9 Å². The first-order valence-corrected chi connectivity index (χ1v) is 10.9. The maximum absolute atomic E-state index is 6.67. The first kappa shape index (κ1) is 18.7. The molecule has 1 atom stereocenters. The predicted molar refractivity (Wildman–Crippen MR) is 119 cm³/mol. The molecule has 4 heterocycles. The van der Waals surface area contributed by atoms with Gasteiger partial charge < -0.3 is 15.6 Å². The van der Waals surface area contributed by atoms with Crippen molar-refractivity contribution in [1.29, 1.82) is 0 Å². The van der Waals surface area contributed by atoms with Crippen molar-refractivity contribution >= 4 is 51.1 Å². The van der Waals surface area contributed by atoms with E-state index in [2.05, 4.69) is 46.1 Å². The van der Waals surface area contributed by atoms with Gasteiger partial charge in [0.15, 0.2) is 5.16 Å². The van der Waals surface area contributed by atoms with E-state index < -0.39 is 0 Å². The minimum atomic E-state index is 0.158. The number of rotatable bonds is 4. The van der Waals surface area contributed by atoms with Crippen molar-refractivity contribution in [1.82, 2.24) is 19.9 Å². The van der Waals surface area contributed by atoms with Crippen molar-refractivity contribution in [3.63, 3.8) is 0 Å². The van der Waals surface area contributed by atoms with Crippen LogP contribution in [0.4, 0.5) is 5.82 Å². The van der Waals surface area contributed by atoms with Crippen LogP contribution in [0.3, 0.4) is 0 Å². The monoisotopic (exact) mass is 424 g/mol. The van der Waals surface area contributed by atoms with Gasteiger partial charge in [-0.3, -0.25) is 4.98 Å². The standard InChI is InChI=1S/C21H21ClN6S/c1-2-15-18(22)17-19(25-15)26-21(27-20(17)28-9-7-13(23)11-28)29-14-6-5-12-4-3-8-24-16(12)10-14/h3-6,8,10,13H,2,7,9,11,23H2,1H3,(H,25,26,27). The van der Waals surface area contributed by atoms with Crippen LogP contribution in [-0.2, 0) is 6.42 Å². The molecule has 0 aliphatic carbocycles. The summed E-state index contributed by atoms with van der Waals surface area (Å²) in [6, 6.07) is 10.4. The zero-order chi connectivity index (χ0) is 20.0. The number of halogens is 1. The Morgan fingerprint density at radius 3 is 3.00 bits per heavy atom. The molecule has 0 spiro atoms. The molecule has 0 bridgehead atoms. The van der Waals surface area contributed by atoms with Crippen LogP contribution in [0.1, 0.15) is 19.0 Å². The number of nitrogens with one attached hydrogen (secondary N) is 1. The molecular weight excluding hydrogens is 404 g/mol. The number of nitrogens with two attached hydrogens (primary N) is 1. The molecular formula is C21H21ClN6S. The molecule has 148 valence electrons. The second kappa shape index (κ2) is 7.48. The summed E-state index contributed by atoms with van der Waals surface area (Å²) in [4.78, 5) is 20.8. The van der Waals surface area contributed by atoms with Gasteiger partial charge in [0.05, 0.1) is 15.9 Å². The third kappa shape index (κ3) is 3.43. The van der Waals surface area contributed by atoms with E-state index in [4.69, 9.17) is 27.3 Å². The largest absolute Gasteiger partial charge is 0.354 e. The van der Waals surface area contributed by atoms with Gasteiger partial charge in [-0.2, -0.15) is 0 Å². The minimum absolute atomic E-state index is 0.158. The van der Waals surface area contributed by atoms with Crippen LogP contribution in [0.5, 0.6) is 0 Å². The number of nitrogens with zero attached hydrogens (tertiary/aromatic N) is 4. The Hall–Kier alpha value is -2.35. The predicted octanol–water partition coefficient (Wildman–Crippen LogP) is 4.41. The van der Waals surface area contributed by atoms with Gasteiger partial charge in [0.25, 0.3) is 0 Å². The van der Waals surface area contributed by atoms with Crippen LogP contribution >= 0.6 is 23.4 Å². The lowest BCUT2D eigenvalue weighted by Gasteiger charge is -2.18. The van der Waals surface area contributed by atoms with Crippen molar-refractivity contribution in [3.05, 3.63) is 47.2 Å². The number of fused-ring (bicyclic) bond motifs is 2. The second-order valence-corrected chi connectivity index (χ2v) is 8.70. The fraction of sp³-hybridized carbons (Fsp3) is 0.286. The Labute approximate surface area is 177 Å². The van der Waals surface area contributed by atoms with E-state index in [1.54, 1.807) is 6.20 Å². The topological polar surface area (TPSA) is 83.7 Å². The summed E-state index contributed by atoms with van der Waals surface area (Å²) in [6.07, 6.45) is 3.57. The molecule has 5 rings (SSSR count). The van der Waals surface area contributed by atoms with Gasteiger partial charge in [0.2, 0.25) is 0 Å². The van der Waals surface area contributed by atoms with Gasteiger partial charge in [0, 0.05) is 41.3 Å². The van der Waals surface area contributed by atoms with E-state index in [9.17, 15) is 0 Å². The minimum Gasteiger partial charge on any atom is -0.354 e. The van der Waals surface area contributed by atoms with E-state index in [0.29, 0.717) is 10.2 Å². The normalized spacial score (nSPS) is 16.9. The molecule has 1 saturated heterocycles. The summed E-state index contributed by atoms with van der Waals surface area (Å²) < 4.78 is 0. The van der Waals surface area contributed by atoms with Gasteiger partial charge in [0.1, 0.15) is 11.5 Å². The van der Waals surface area contributed by atoms with Crippen LogP contribution in [-0.4, -0.2) is 39.1 Å². The quantitative estimate of drug-likeness (QED) is 0.472. The number of hydrogen-bond donors (Lipinski definition) is 2. The highest BCUT2D eigenvalue weighted by Crippen LogP contribution is 2.37. The molecule has 1 aromatic carbocycles. The summed E-state index contributed by atoms with van der Waals surface area (Å²) >= 11 is 8.20. The number of anilines is 1. The summed E-state index contributed by atoms with van der Waals surface area (Å²) in [5.41, 5.74) is 8.87. The number of pyridine rings is 1. The summed E-state index contributed by atoms with van der Waals surface area (Å²) in [5, 5.41) is 3.40. The first-order chi connectivity index (χ1) is 14.1. The molecule has 4 aromatic rings. The zero-order valence-corrected chi connectivity index (χ0v) is 17.6. The lowest BCUT2D eigenvalue weighted by molar-refractivity contribution is 0.751. The number of aromatic amines is 1. The lowest BCUT2D eigenvalue weighted by Crippen LogP contribution is -2.27. The van der Waals surface area contributed by atoms with Crippen LogP contribution in [0.15, 0.2) is 46.6 Å². The van der Waals surface area contributed by atoms with Crippen LogP contribution < -0.4 is 10.6 Å². The number of hydrogen-bond acceptors (Lipinski definition) is 6. The first-order valence-electron chi connectivity index (χ1n) is 9.73. The zero-order valence-electron chi connectivity index (χ0n) is 16.0. The molecule has 0 saturated carbocycles. The van der Waals surface area contributed by atoms with Crippen LogP contribution in [0, 0.1) is 0 Å². The van der Waals surface area contributed by atoms with Gasteiger partial charge >= 0.3 is 0 Å². The van der Waals surface area contributed by atoms with Gasteiger partial charge in [-0.05, 0) is 42.8 Å². The van der Waals surface area contributed by atoms with Crippen molar-refractivity contribution in [2.45, 2.75) is 35.9 Å². The van der Waals surface area contributed by atoms with E-state index >= 15 is 0 Å². The molecule has 1 fully saturated rings. The van der Waals surface area contributed by atoms with E-state index in [1.165, 1.54) is 11.8 Å². The molecule has 6 nitrogen and oxygen atoms in total. The number of aryl methyl sites for hydroxylation is 1. The summed E-state index contributed by atoms with van der Waals surface area (Å²) in [5.74, 6) is 0.866. The van der Waals surface area contributed by atoms with Gasteiger partial charge in [-0.25, -0.2) is 9.97 Å². The molecule has 3 aromatic heterocycles. The third-order valence-corrected chi connectivity index (χ3v) is 6.56. The SMILES string of the molecule is CCc1[nH]c2nc(Sc3ccc4cccnc4c3)nc(N3CCC(N)C3)c2c1Cl. The second-order valence-electron chi connectivity index (χ2n) is 7.28. The average molecular weight is 425 g/mol. The van der Waals surface area contributed by atoms with Crippen LogP contribution in [0.2, 0.25) is 5.02 Å². The molecule has 1 aliphatic heterocycles. The van der Waals surface area contributed by atoms with Crippen molar-refractivity contribution < 1.29 is 0 Å². The molecule has 8 heteroatoms.